The summed E-state index contributed by atoms with van der Waals surface area (Å²) in [6.07, 6.45) is 8.17. The zero-order valence-corrected chi connectivity index (χ0v) is 13.8. The lowest BCUT2D eigenvalue weighted by Gasteiger charge is -2.12. The Bertz CT molecular complexity index is 594. The largest absolute Gasteiger partial charge is 0.441 e. The number of hydrogen-bond donors (Lipinski definition) is 1. The van der Waals surface area contributed by atoms with Gasteiger partial charge in [-0.05, 0) is 13.0 Å². The number of hydrogen-bond acceptors (Lipinski definition) is 6. The highest BCUT2D eigenvalue weighted by Crippen LogP contribution is 2.24. The monoisotopic (exact) mass is 307 g/mol. The van der Waals surface area contributed by atoms with E-state index in [0.717, 1.165) is 22.1 Å². The predicted octanol–water partition coefficient (Wildman–Crippen LogP) is 3.85. The van der Waals surface area contributed by atoms with E-state index < -0.39 is 0 Å². The molecule has 2 aromatic heterocycles. The smallest absolute Gasteiger partial charge is 0.218 e. The van der Waals surface area contributed by atoms with Gasteiger partial charge in [-0.3, -0.25) is 0 Å². The SMILES string of the molecule is CC=O.CNc1ncc(/C=C\c2ncc(C(C)(C)C)o2)s1. The molecule has 0 aliphatic rings. The fraction of sp³-hybridized carbons (Fsp3) is 0.400. The third kappa shape index (κ3) is 5.51. The van der Waals surface area contributed by atoms with Crippen LogP contribution >= 0.6 is 11.3 Å². The quantitative estimate of drug-likeness (QED) is 0.872. The number of nitrogens with zero attached hydrogens (tertiary/aromatic N) is 2. The van der Waals surface area contributed by atoms with Crippen LogP contribution in [0.2, 0.25) is 0 Å². The fourth-order valence-corrected chi connectivity index (χ4v) is 2.02. The first-order chi connectivity index (χ1) is 9.90. The number of aromatic nitrogens is 2. The predicted molar refractivity (Wildman–Crippen MR) is 87.5 cm³/mol. The van der Waals surface area contributed by atoms with Crippen LogP contribution < -0.4 is 5.32 Å². The van der Waals surface area contributed by atoms with Crippen molar-refractivity contribution in [1.82, 2.24) is 9.97 Å². The van der Waals surface area contributed by atoms with Gasteiger partial charge in [-0.2, -0.15) is 0 Å². The van der Waals surface area contributed by atoms with Crippen molar-refractivity contribution in [3.8, 4) is 0 Å². The van der Waals surface area contributed by atoms with Crippen molar-refractivity contribution >= 4 is 34.9 Å². The molecule has 0 radical (unpaired) electrons. The van der Waals surface area contributed by atoms with E-state index >= 15 is 0 Å². The second-order valence-electron chi connectivity index (χ2n) is 5.20. The van der Waals surface area contributed by atoms with Gasteiger partial charge in [0.1, 0.15) is 12.0 Å². The topological polar surface area (TPSA) is 68.0 Å². The second-order valence-corrected chi connectivity index (χ2v) is 6.26. The van der Waals surface area contributed by atoms with E-state index in [2.05, 4.69) is 36.1 Å². The van der Waals surface area contributed by atoms with Crippen LogP contribution in [-0.2, 0) is 10.2 Å². The van der Waals surface area contributed by atoms with Crippen LogP contribution in [0.5, 0.6) is 0 Å². The van der Waals surface area contributed by atoms with Crippen LogP contribution in [0.4, 0.5) is 5.13 Å². The van der Waals surface area contributed by atoms with Crippen LogP contribution in [0.15, 0.2) is 16.8 Å². The van der Waals surface area contributed by atoms with Crippen molar-refractivity contribution < 1.29 is 9.21 Å². The van der Waals surface area contributed by atoms with Gasteiger partial charge in [0, 0.05) is 29.6 Å². The van der Waals surface area contributed by atoms with Crippen molar-refractivity contribution in [2.24, 2.45) is 0 Å². The number of thiazole rings is 1. The Hall–Kier alpha value is -1.95. The van der Waals surface area contributed by atoms with E-state index in [1.807, 2.05) is 25.4 Å². The third-order valence-electron chi connectivity index (χ3n) is 2.39. The Labute approximate surface area is 129 Å². The second kappa shape index (κ2) is 7.73. The Balaban J connectivity index is 0.000000677. The molecule has 0 atom stereocenters. The van der Waals surface area contributed by atoms with Crippen LogP contribution in [-0.4, -0.2) is 23.3 Å². The van der Waals surface area contributed by atoms with E-state index in [1.54, 1.807) is 17.5 Å². The van der Waals surface area contributed by atoms with Gasteiger partial charge >= 0.3 is 0 Å². The van der Waals surface area contributed by atoms with Crippen LogP contribution in [0, 0.1) is 0 Å². The number of nitrogens with one attached hydrogen (secondary N) is 1. The van der Waals surface area contributed by atoms with Crippen molar-refractivity contribution in [3.05, 3.63) is 28.9 Å². The van der Waals surface area contributed by atoms with Gasteiger partial charge in [0.25, 0.3) is 0 Å². The van der Waals surface area contributed by atoms with Crippen molar-refractivity contribution in [3.63, 3.8) is 0 Å². The average molecular weight is 307 g/mol. The Morgan fingerprint density at radius 3 is 2.38 bits per heavy atom. The van der Waals surface area contributed by atoms with Crippen LogP contribution in [0.3, 0.4) is 0 Å². The van der Waals surface area contributed by atoms with Gasteiger partial charge in [0.2, 0.25) is 5.89 Å². The molecule has 0 amide bonds. The number of carbonyl (C=O) groups excluding carboxylic acids is 1. The molecule has 6 heteroatoms. The van der Waals surface area contributed by atoms with Gasteiger partial charge in [0.15, 0.2) is 5.13 Å². The molecule has 1 N–H and O–H groups in total. The summed E-state index contributed by atoms with van der Waals surface area (Å²) < 4.78 is 5.67. The lowest BCUT2D eigenvalue weighted by molar-refractivity contribution is -0.106. The number of carbonyl (C=O) groups is 1. The molecule has 0 spiro atoms. The summed E-state index contributed by atoms with van der Waals surface area (Å²) in [6.45, 7) is 7.75. The van der Waals surface area contributed by atoms with E-state index in [4.69, 9.17) is 9.21 Å². The molecule has 0 saturated carbocycles. The summed E-state index contributed by atoms with van der Waals surface area (Å²) in [7, 11) is 1.86. The fourth-order valence-electron chi connectivity index (χ4n) is 1.34. The number of rotatable bonds is 3. The molecule has 0 bridgehead atoms. The molecule has 0 aromatic carbocycles. The van der Waals surface area contributed by atoms with E-state index in [9.17, 15) is 0 Å². The molecule has 5 nitrogen and oxygen atoms in total. The molecule has 0 fully saturated rings. The summed E-state index contributed by atoms with van der Waals surface area (Å²) >= 11 is 1.59. The third-order valence-corrected chi connectivity index (χ3v) is 3.37. The van der Waals surface area contributed by atoms with Gasteiger partial charge < -0.3 is 14.5 Å². The minimum Gasteiger partial charge on any atom is -0.441 e. The summed E-state index contributed by atoms with van der Waals surface area (Å²) in [4.78, 5) is 18.3. The molecule has 2 aromatic rings. The lowest BCUT2D eigenvalue weighted by atomic mass is 9.94. The summed E-state index contributed by atoms with van der Waals surface area (Å²) in [6, 6.07) is 0. The molecule has 0 aliphatic carbocycles. The first kappa shape index (κ1) is 17.1. The lowest BCUT2D eigenvalue weighted by Crippen LogP contribution is -2.09. The number of anilines is 1. The number of aldehydes is 1. The molecule has 0 unspecified atom stereocenters. The van der Waals surface area contributed by atoms with Gasteiger partial charge in [-0.1, -0.05) is 32.1 Å². The van der Waals surface area contributed by atoms with E-state index in [-0.39, 0.29) is 5.41 Å². The van der Waals surface area contributed by atoms with Crippen LogP contribution in [0.1, 0.15) is 44.2 Å². The van der Waals surface area contributed by atoms with Crippen molar-refractivity contribution in [2.45, 2.75) is 33.1 Å². The highest BCUT2D eigenvalue weighted by atomic mass is 32.1. The molecule has 0 saturated heterocycles. The van der Waals surface area contributed by atoms with Crippen molar-refractivity contribution in [2.75, 3.05) is 12.4 Å². The Kier molecular flexibility index (Phi) is 6.30. The molecule has 2 rings (SSSR count). The molecule has 21 heavy (non-hydrogen) atoms. The zero-order chi connectivity index (χ0) is 15.9. The molecule has 114 valence electrons. The van der Waals surface area contributed by atoms with Gasteiger partial charge in [-0.15, -0.1) is 0 Å². The maximum Gasteiger partial charge on any atom is 0.218 e. The van der Waals surface area contributed by atoms with Gasteiger partial charge in [-0.25, -0.2) is 9.97 Å². The summed E-state index contributed by atoms with van der Waals surface area (Å²) in [5, 5.41) is 3.90. The first-order valence-electron chi connectivity index (χ1n) is 6.58. The molecule has 2 heterocycles. The highest BCUT2D eigenvalue weighted by Gasteiger charge is 2.18. The molecule has 0 aliphatic heterocycles. The highest BCUT2D eigenvalue weighted by molar-refractivity contribution is 7.16. The standard InChI is InChI=1S/C13H17N3OS.C2H4O/c1-13(2,3)10-8-15-11(17-10)6-5-9-7-16-12(14-4)18-9;1-2-3/h5-8H,1-4H3,(H,14,16);2H,1H3/b6-5-;. The van der Waals surface area contributed by atoms with Crippen molar-refractivity contribution in [1.29, 1.82) is 0 Å². The summed E-state index contributed by atoms with van der Waals surface area (Å²) in [5.41, 5.74) is -0.0110. The zero-order valence-electron chi connectivity index (χ0n) is 13.0. The summed E-state index contributed by atoms with van der Waals surface area (Å²) in [5.74, 6) is 1.52. The maximum absolute atomic E-state index is 8.81. The van der Waals surface area contributed by atoms with E-state index in [1.165, 1.54) is 6.92 Å². The minimum atomic E-state index is -0.0110. The first-order valence-corrected chi connectivity index (χ1v) is 7.40. The molecular weight excluding hydrogens is 286 g/mol. The van der Waals surface area contributed by atoms with Gasteiger partial charge in [0.05, 0.1) is 6.20 Å². The van der Waals surface area contributed by atoms with E-state index in [0.29, 0.717) is 5.89 Å². The average Bonchev–Trinajstić information content (AvgIpc) is 3.06. The minimum absolute atomic E-state index is 0.0110. The normalized spacial score (nSPS) is 11.1. The Morgan fingerprint density at radius 1 is 1.24 bits per heavy atom. The molecular formula is C15H21N3O2S. The van der Waals surface area contributed by atoms with Crippen LogP contribution in [0.25, 0.3) is 12.2 Å². The Morgan fingerprint density at radius 2 is 1.90 bits per heavy atom. The maximum atomic E-state index is 8.81. The number of oxazole rings is 1.